The van der Waals surface area contributed by atoms with Gasteiger partial charge in [-0.3, -0.25) is 0 Å². The lowest BCUT2D eigenvalue weighted by Crippen LogP contribution is -2.36. The van der Waals surface area contributed by atoms with Crippen LogP contribution in [-0.4, -0.2) is 28.6 Å². The molecule has 110 valence electrons. The zero-order valence-electron chi connectivity index (χ0n) is 9.88. The SMILES string of the molecule is Nc1cc(Br)c(F)c(S(=O)(=O)NC2C=CS(=O)(=O)C2)c1. The van der Waals surface area contributed by atoms with Gasteiger partial charge in [0.05, 0.1) is 16.3 Å². The third-order valence-electron chi connectivity index (χ3n) is 2.54. The van der Waals surface area contributed by atoms with Crippen molar-refractivity contribution in [1.82, 2.24) is 4.72 Å². The van der Waals surface area contributed by atoms with Gasteiger partial charge in [-0.2, -0.15) is 0 Å². The van der Waals surface area contributed by atoms with Gasteiger partial charge < -0.3 is 5.73 Å². The Kier molecular flexibility index (Phi) is 3.93. The predicted octanol–water partition coefficient (Wildman–Crippen LogP) is 0.759. The van der Waals surface area contributed by atoms with Gasteiger partial charge in [0.25, 0.3) is 0 Å². The van der Waals surface area contributed by atoms with Gasteiger partial charge in [0.1, 0.15) is 4.90 Å². The highest BCUT2D eigenvalue weighted by atomic mass is 79.9. The van der Waals surface area contributed by atoms with Crippen LogP contribution < -0.4 is 10.5 Å². The molecule has 1 aromatic rings. The number of anilines is 1. The maximum absolute atomic E-state index is 13.8. The van der Waals surface area contributed by atoms with E-state index in [2.05, 4.69) is 20.7 Å². The van der Waals surface area contributed by atoms with Crippen LogP contribution in [0, 0.1) is 5.82 Å². The minimum absolute atomic E-state index is 0.0632. The van der Waals surface area contributed by atoms with E-state index in [1.165, 1.54) is 12.1 Å². The van der Waals surface area contributed by atoms with E-state index < -0.39 is 42.4 Å². The fourth-order valence-electron chi connectivity index (χ4n) is 1.69. The van der Waals surface area contributed by atoms with Crippen LogP contribution in [0.1, 0.15) is 0 Å². The van der Waals surface area contributed by atoms with Gasteiger partial charge in [0.15, 0.2) is 15.7 Å². The maximum atomic E-state index is 13.8. The second kappa shape index (κ2) is 5.10. The molecule has 0 spiro atoms. The van der Waals surface area contributed by atoms with Gasteiger partial charge in [-0.25, -0.2) is 25.9 Å². The zero-order valence-corrected chi connectivity index (χ0v) is 13.1. The Bertz CT molecular complexity index is 790. The Hall–Kier alpha value is -0.970. The quantitative estimate of drug-likeness (QED) is 0.748. The summed E-state index contributed by atoms with van der Waals surface area (Å²) >= 11 is 2.86. The van der Waals surface area contributed by atoms with Crippen LogP contribution in [0.2, 0.25) is 0 Å². The fourth-order valence-corrected chi connectivity index (χ4v) is 4.97. The highest BCUT2D eigenvalue weighted by Gasteiger charge is 2.29. The molecule has 0 amide bonds. The number of nitrogen functional groups attached to an aromatic ring is 1. The summed E-state index contributed by atoms with van der Waals surface area (Å²) < 4.78 is 62.4. The molecule has 0 saturated carbocycles. The highest BCUT2D eigenvalue weighted by Crippen LogP contribution is 2.26. The van der Waals surface area contributed by atoms with Gasteiger partial charge in [-0.1, -0.05) is 6.08 Å². The molecular formula is C10H10BrFN2O4S2. The summed E-state index contributed by atoms with van der Waals surface area (Å²) in [5.74, 6) is -1.38. The van der Waals surface area contributed by atoms with E-state index in [1.54, 1.807) is 0 Å². The maximum Gasteiger partial charge on any atom is 0.244 e. The van der Waals surface area contributed by atoms with Gasteiger partial charge in [-0.15, -0.1) is 0 Å². The number of nitrogens with one attached hydrogen (secondary N) is 1. The number of hydrogen-bond acceptors (Lipinski definition) is 5. The Balaban J connectivity index is 2.35. The second-order valence-corrected chi connectivity index (χ2v) is 8.67. The summed E-state index contributed by atoms with van der Waals surface area (Å²) in [6, 6.07) is 1.27. The topological polar surface area (TPSA) is 106 Å². The average Bonchev–Trinajstić information content (AvgIpc) is 2.62. The molecule has 0 aliphatic carbocycles. The number of rotatable bonds is 3. The van der Waals surface area contributed by atoms with E-state index in [1.807, 2.05) is 0 Å². The van der Waals surface area contributed by atoms with Gasteiger partial charge in [0.2, 0.25) is 10.0 Å². The first-order chi connectivity index (χ1) is 9.11. The molecule has 3 N–H and O–H groups in total. The summed E-state index contributed by atoms with van der Waals surface area (Å²) in [5.41, 5.74) is 5.54. The number of sulfone groups is 1. The Labute approximate surface area is 124 Å². The van der Waals surface area contributed by atoms with Crippen molar-refractivity contribution in [3.63, 3.8) is 0 Å². The number of benzene rings is 1. The molecule has 0 saturated heterocycles. The van der Waals surface area contributed by atoms with E-state index >= 15 is 0 Å². The summed E-state index contributed by atoms with van der Waals surface area (Å²) in [6.45, 7) is 0. The van der Waals surface area contributed by atoms with Crippen molar-refractivity contribution < 1.29 is 21.2 Å². The van der Waals surface area contributed by atoms with E-state index in [0.29, 0.717) is 0 Å². The minimum Gasteiger partial charge on any atom is -0.399 e. The lowest BCUT2D eigenvalue weighted by molar-refractivity contribution is 0.551. The van der Waals surface area contributed by atoms with Crippen molar-refractivity contribution in [2.45, 2.75) is 10.9 Å². The van der Waals surface area contributed by atoms with Crippen molar-refractivity contribution >= 4 is 41.5 Å². The third-order valence-corrected chi connectivity index (χ3v) is 6.00. The summed E-state index contributed by atoms with van der Waals surface area (Å²) in [4.78, 5) is -0.637. The standard InChI is InChI=1S/C10H10BrFN2O4S2/c11-8-3-6(13)4-9(10(8)12)20(17,18)14-7-1-2-19(15,16)5-7/h1-4,7,14H,5,13H2. The molecular weight excluding hydrogens is 375 g/mol. The third kappa shape index (κ3) is 3.19. The van der Waals surface area contributed by atoms with Gasteiger partial charge in [-0.05, 0) is 28.1 Å². The first-order valence-electron chi connectivity index (χ1n) is 5.28. The largest absolute Gasteiger partial charge is 0.399 e. The van der Waals surface area contributed by atoms with Crippen molar-refractivity contribution in [2.24, 2.45) is 0 Å². The summed E-state index contributed by atoms with van der Waals surface area (Å²) in [5, 5.41) is 0.922. The van der Waals surface area contributed by atoms with Crippen LogP contribution in [0.3, 0.4) is 0 Å². The monoisotopic (exact) mass is 384 g/mol. The molecule has 0 radical (unpaired) electrons. The lowest BCUT2D eigenvalue weighted by Gasteiger charge is -2.12. The summed E-state index contributed by atoms with van der Waals surface area (Å²) in [7, 11) is -7.63. The molecule has 1 aromatic carbocycles. The number of halogens is 2. The van der Waals surface area contributed by atoms with Crippen molar-refractivity contribution in [3.8, 4) is 0 Å². The van der Waals surface area contributed by atoms with Gasteiger partial charge in [0, 0.05) is 11.1 Å². The Morgan fingerprint density at radius 3 is 2.60 bits per heavy atom. The molecule has 6 nitrogen and oxygen atoms in total. The van der Waals surface area contributed by atoms with E-state index in [9.17, 15) is 21.2 Å². The van der Waals surface area contributed by atoms with Crippen LogP contribution in [0.4, 0.5) is 10.1 Å². The van der Waals surface area contributed by atoms with Crippen LogP contribution in [0.5, 0.6) is 0 Å². The second-order valence-electron chi connectivity index (χ2n) is 4.20. The number of hydrogen-bond donors (Lipinski definition) is 2. The molecule has 1 aliphatic rings. The molecule has 1 aliphatic heterocycles. The fraction of sp³-hybridized carbons (Fsp3) is 0.200. The van der Waals surface area contributed by atoms with Crippen LogP contribution in [-0.2, 0) is 19.9 Å². The normalized spacial score (nSPS) is 21.2. The minimum atomic E-state index is -4.22. The Morgan fingerprint density at radius 1 is 1.40 bits per heavy atom. The molecule has 0 aromatic heterocycles. The van der Waals surface area contributed by atoms with E-state index in [0.717, 1.165) is 11.5 Å². The smallest absolute Gasteiger partial charge is 0.244 e. The molecule has 1 atom stereocenters. The highest BCUT2D eigenvalue weighted by molar-refractivity contribution is 9.10. The first-order valence-corrected chi connectivity index (χ1v) is 9.28. The predicted molar refractivity (Wildman–Crippen MR) is 75.5 cm³/mol. The van der Waals surface area contributed by atoms with E-state index in [-0.39, 0.29) is 10.2 Å². The molecule has 0 bridgehead atoms. The van der Waals surface area contributed by atoms with Crippen molar-refractivity contribution in [3.05, 3.63) is 33.9 Å². The van der Waals surface area contributed by atoms with E-state index in [4.69, 9.17) is 5.73 Å². The van der Waals surface area contributed by atoms with Gasteiger partial charge >= 0.3 is 0 Å². The van der Waals surface area contributed by atoms with Crippen molar-refractivity contribution in [1.29, 1.82) is 0 Å². The van der Waals surface area contributed by atoms with Crippen LogP contribution >= 0.6 is 15.9 Å². The number of nitrogens with two attached hydrogens (primary N) is 1. The molecule has 1 unspecified atom stereocenters. The lowest BCUT2D eigenvalue weighted by atomic mass is 10.3. The molecule has 10 heteroatoms. The number of sulfonamides is 1. The van der Waals surface area contributed by atoms with Crippen LogP contribution in [0.15, 0.2) is 33.0 Å². The molecule has 0 fully saturated rings. The molecule has 1 heterocycles. The zero-order chi connectivity index (χ0) is 15.1. The van der Waals surface area contributed by atoms with Crippen molar-refractivity contribution in [2.75, 3.05) is 11.5 Å². The summed E-state index contributed by atoms with van der Waals surface area (Å²) in [6.07, 6.45) is 1.20. The van der Waals surface area contributed by atoms with Crippen LogP contribution in [0.25, 0.3) is 0 Å². The average molecular weight is 385 g/mol. The molecule has 20 heavy (non-hydrogen) atoms. The molecule has 2 rings (SSSR count). The Morgan fingerprint density at radius 2 is 2.05 bits per heavy atom. The first kappa shape index (κ1) is 15.4.